The van der Waals surface area contributed by atoms with Crippen LogP contribution in [0.5, 0.6) is 5.75 Å². The van der Waals surface area contributed by atoms with Gasteiger partial charge in [-0.1, -0.05) is 18.6 Å². The number of guanidine groups is 1. The summed E-state index contributed by atoms with van der Waals surface area (Å²) in [6.45, 7) is 7.54. The number of nitrogens with zero attached hydrogens (tertiary/aromatic N) is 4. The quantitative estimate of drug-likeness (QED) is 0.260. The van der Waals surface area contributed by atoms with Gasteiger partial charge >= 0.3 is 0 Å². The Kier molecular flexibility index (Phi) is 9.25. The minimum Gasteiger partial charge on any atom is -0.482 e. The van der Waals surface area contributed by atoms with E-state index >= 15 is 0 Å². The zero-order valence-corrected chi connectivity index (χ0v) is 20.9. The summed E-state index contributed by atoms with van der Waals surface area (Å²) in [4.78, 5) is 23.7. The predicted molar refractivity (Wildman–Crippen MR) is 136 cm³/mol. The summed E-state index contributed by atoms with van der Waals surface area (Å²) in [5.74, 6) is 2.55. The molecule has 7 nitrogen and oxygen atoms in total. The van der Waals surface area contributed by atoms with Crippen LogP contribution in [-0.2, 0) is 4.79 Å². The average Bonchev–Trinajstić information content (AvgIpc) is 3.24. The molecule has 1 N–H and O–H groups in total. The van der Waals surface area contributed by atoms with Crippen LogP contribution in [0.4, 0.5) is 5.69 Å². The Hall–Kier alpha value is -1.55. The second-order valence-electron chi connectivity index (χ2n) is 8.59. The average molecular weight is 541 g/mol. The molecule has 0 radical (unpaired) electrons. The topological polar surface area (TPSA) is 60.4 Å². The Bertz CT molecular complexity index is 753. The minimum absolute atomic E-state index is 0. The number of amides is 1. The number of anilines is 1. The van der Waals surface area contributed by atoms with Gasteiger partial charge in [0.15, 0.2) is 12.6 Å². The molecule has 0 saturated carbocycles. The smallest absolute Gasteiger partial charge is 0.265 e. The number of ether oxygens (including phenoxy) is 1. The number of hydrogen-bond donors (Lipinski definition) is 1. The van der Waals surface area contributed by atoms with Gasteiger partial charge in [-0.15, -0.1) is 24.0 Å². The molecule has 0 bridgehead atoms. The molecule has 1 amide bonds. The Morgan fingerprint density at radius 1 is 1.19 bits per heavy atom. The van der Waals surface area contributed by atoms with Crippen molar-refractivity contribution >= 4 is 41.5 Å². The normalized spacial score (nSPS) is 22.0. The zero-order chi connectivity index (χ0) is 20.8. The van der Waals surface area contributed by atoms with Gasteiger partial charge < -0.3 is 24.8 Å². The molecule has 172 valence electrons. The number of rotatable bonds is 6. The molecule has 0 aromatic heterocycles. The third-order valence-corrected chi connectivity index (χ3v) is 6.41. The molecule has 8 heteroatoms. The zero-order valence-electron chi connectivity index (χ0n) is 18.6. The van der Waals surface area contributed by atoms with Gasteiger partial charge in [-0.3, -0.25) is 9.79 Å². The van der Waals surface area contributed by atoms with Crippen LogP contribution in [0.1, 0.15) is 32.1 Å². The first kappa shape index (κ1) is 24.1. The van der Waals surface area contributed by atoms with Gasteiger partial charge in [0.05, 0.1) is 5.69 Å². The SMILES string of the molecule is CN=C(NCCCN1C(=O)COc2ccccc21)N1CCC(CN2CCCCC2)C1.I. The standard InChI is InChI=1S/C23H35N5O2.HI/c1-24-23(27-15-10-19(17-27)16-26-12-5-2-6-13-26)25-11-7-14-28-20-8-3-4-9-21(20)30-18-22(28)29;/h3-4,8-9,19H,2,5-7,10-18H2,1H3,(H,24,25);1H. The van der Waals surface area contributed by atoms with E-state index in [1.807, 2.05) is 36.2 Å². The number of aliphatic imine (C=N–C) groups is 1. The molecular formula is C23H36IN5O2. The highest BCUT2D eigenvalue weighted by Crippen LogP contribution is 2.31. The Balaban J connectivity index is 0.00000272. The number of benzene rings is 1. The van der Waals surface area contributed by atoms with E-state index in [1.165, 1.54) is 45.3 Å². The van der Waals surface area contributed by atoms with Crippen molar-refractivity contribution < 1.29 is 9.53 Å². The van der Waals surface area contributed by atoms with E-state index in [0.29, 0.717) is 6.54 Å². The molecule has 31 heavy (non-hydrogen) atoms. The number of halogens is 1. The highest BCUT2D eigenvalue weighted by Gasteiger charge is 2.27. The van der Waals surface area contributed by atoms with Crippen molar-refractivity contribution in [2.45, 2.75) is 32.1 Å². The fraction of sp³-hybridized carbons (Fsp3) is 0.652. The van der Waals surface area contributed by atoms with E-state index in [9.17, 15) is 4.79 Å². The fourth-order valence-electron chi connectivity index (χ4n) is 4.85. The van der Waals surface area contributed by atoms with Crippen molar-refractivity contribution in [2.24, 2.45) is 10.9 Å². The number of para-hydroxylation sites is 2. The van der Waals surface area contributed by atoms with E-state index < -0.39 is 0 Å². The van der Waals surface area contributed by atoms with Gasteiger partial charge in [0.2, 0.25) is 0 Å². The summed E-state index contributed by atoms with van der Waals surface area (Å²) in [7, 11) is 1.86. The molecule has 1 unspecified atom stereocenters. The molecule has 0 spiro atoms. The first-order valence-corrected chi connectivity index (χ1v) is 11.4. The summed E-state index contributed by atoms with van der Waals surface area (Å²) in [5.41, 5.74) is 0.873. The van der Waals surface area contributed by atoms with Gasteiger partial charge in [-0.2, -0.15) is 0 Å². The first-order chi connectivity index (χ1) is 14.7. The van der Waals surface area contributed by atoms with Crippen LogP contribution in [-0.4, -0.2) is 81.1 Å². The van der Waals surface area contributed by atoms with E-state index in [1.54, 1.807) is 0 Å². The fourth-order valence-corrected chi connectivity index (χ4v) is 4.85. The molecule has 3 aliphatic heterocycles. The van der Waals surface area contributed by atoms with Crippen molar-refractivity contribution in [2.75, 3.05) is 64.4 Å². The monoisotopic (exact) mass is 541 g/mol. The number of hydrogen-bond acceptors (Lipinski definition) is 4. The van der Waals surface area contributed by atoms with Crippen LogP contribution < -0.4 is 15.0 Å². The van der Waals surface area contributed by atoms with Crippen molar-refractivity contribution in [1.29, 1.82) is 0 Å². The number of piperidine rings is 1. The molecular weight excluding hydrogens is 505 g/mol. The predicted octanol–water partition coefficient (Wildman–Crippen LogP) is 2.80. The van der Waals surface area contributed by atoms with Crippen LogP contribution in [0.25, 0.3) is 0 Å². The summed E-state index contributed by atoms with van der Waals surface area (Å²) in [6.07, 6.45) is 6.22. The van der Waals surface area contributed by atoms with Gasteiger partial charge in [-0.25, -0.2) is 0 Å². The van der Waals surface area contributed by atoms with Crippen LogP contribution in [0.3, 0.4) is 0 Å². The summed E-state index contributed by atoms with van der Waals surface area (Å²) in [6, 6.07) is 7.75. The number of carbonyl (C=O) groups is 1. The third-order valence-electron chi connectivity index (χ3n) is 6.41. The summed E-state index contributed by atoms with van der Waals surface area (Å²) in [5, 5.41) is 3.51. The number of likely N-dealkylation sites (tertiary alicyclic amines) is 2. The minimum atomic E-state index is 0. The molecule has 3 aliphatic rings. The Morgan fingerprint density at radius 2 is 2.00 bits per heavy atom. The molecule has 1 atom stereocenters. The molecule has 1 aromatic rings. The van der Waals surface area contributed by atoms with E-state index in [0.717, 1.165) is 49.4 Å². The van der Waals surface area contributed by atoms with E-state index in [2.05, 4.69) is 20.1 Å². The second-order valence-corrected chi connectivity index (χ2v) is 8.59. The molecule has 2 fully saturated rings. The molecule has 3 heterocycles. The van der Waals surface area contributed by atoms with Crippen LogP contribution >= 0.6 is 24.0 Å². The molecule has 1 aromatic carbocycles. The number of nitrogens with one attached hydrogen (secondary N) is 1. The van der Waals surface area contributed by atoms with Gasteiger partial charge in [-0.05, 0) is 56.8 Å². The highest BCUT2D eigenvalue weighted by atomic mass is 127. The van der Waals surface area contributed by atoms with Gasteiger partial charge in [0, 0.05) is 39.8 Å². The van der Waals surface area contributed by atoms with Crippen molar-refractivity contribution in [3.05, 3.63) is 24.3 Å². The maximum Gasteiger partial charge on any atom is 0.265 e. The highest BCUT2D eigenvalue weighted by molar-refractivity contribution is 14.0. The first-order valence-electron chi connectivity index (χ1n) is 11.4. The Morgan fingerprint density at radius 3 is 2.81 bits per heavy atom. The van der Waals surface area contributed by atoms with E-state index in [-0.39, 0.29) is 36.5 Å². The van der Waals surface area contributed by atoms with Gasteiger partial charge in [0.1, 0.15) is 5.75 Å². The Labute approximate surface area is 203 Å². The molecule has 4 rings (SSSR count). The lowest BCUT2D eigenvalue weighted by Gasteiger charge is -2.30. The third kappa shape index (κ3) is 6.25. The van der Waals surface area contributed by atoms with Crippen LogP contribution in [0.2, 0.25) is 0 Å². The van der Waals surface area contributed by atoms with Gasteiger partial charge in [0.25, 0.3) is 5.91 Å². The van der Waals surface area contributed by atoms with E-state index in [4.69, 9.17) is 4.74 Å². The largest absolute Gasteiger partial charge is 0.482 e. The van der Waals surface area contributed by atoms with Crippen molar-refractivity contribution in [1.82, 2.24) is 15.1 Å². The van der Waals surface area contributed by atoms with Crippen molar-refractivity contribution in [3.63, 3.8) is 0 Å². The molecule has 0 aliphatic carbocycles. The maximum atomic E-state index is 12.3. The summed E-state index contributed by atoms with van der Waals surface area (Å²) < 4.78 is 5.52. The summed E-state index contributed by atoms with van der Waals surface area (Å²) >= 11 is 0. The molecule has 2 saturated heterocycles. The van der Waals surface area contributed by atoms with Crippen molar-refractivity contribution in [3.8, 4) is 5.75 Å². The lowest BCUT2D eigenvalue weighted by atomic mass is 10.1. The number of carbonyl (C=O) groups excluding carboxylic acids is 1. The number of fused-ring (bicyclic) bond motifs is 1. The maximum absolute atomic E-state index is 12.3. The van der Waals surface area contributed by atoms with Crippen LogP contribution in [0, 0.1) is 5.92 Å². The van der Waals surface area contributed by atoms with Crippen LogP contribution in [0.15, 0.2) is 29.3 Å². The second kappa shape index (κ2) is 11.9. The lowest BCUT2D eigenvalue weighted by Crippen LogP contribution is -2.43. The lowest BCUT2D eigenvalue weighted by molar-refractivity contribution is -0.121.